The molecule has 120 valence electrons. The van der Waals surface area contributed by atoms with Crippen molar-refractivity contribution in [2.45, 2.75) is 6.61 Å². The predicted octanol–water partition coefficient (Wildman–Crippen LogP) is 0.730. The molecule has 0 aliphatic rings. The van der Waals surface area contributed by atoms with Gasteiger partial charge in [-0.1, -0.05) is 6.07 Å². The van der Waals surface area contributed by atoms with E-state index in [0.717, 1.165) is 4.68 Å². The highest BCUT2D eigenvalue weighted by atomic mass is 32.1. The SMILES string of the molecule is O=c1[nH]nnn1-c1cccc(OCF)c1COc1ccn(S)n1. The molecule has 0 aliphatic heterocycles. The van der Waals surface area contributed by atoms with E-state index in [1.807, 2.05) is 0 Å². The monoisotopic (exact) mass is 338 g/mol. The quantitative estimate of drug-likeness (QED) is 0.643. The van der Waals surface area contributed by atoms with Crippen LogP contribution in [0.25, 0.3) is 5.69 Å². The molecular weight excluding hydrogens is 327 g/mol. The lowest BCUT2D eigenvalue weighted by Gasteiger charge is -2.13. The minimum atomic E-state index is -1.02. The number of ether oxygens (including phenoxy) is 2. The third-order valence-electron chi connectivity index (χ3n) is 2.93. The number of rotatable bonds is 6. The Hall–Kier alpha value is -2.82. The number of tetrazole rings is 1. The number of nitrogens with zero attached hydrogens (tertiary/aromatic N) is 5. The van der Waals surface area contributed by atoms with Crippen LogP contribution >= 0.6 is 12.8 Å². The molecule has 2 heterocycles. The van der Waals surface area contributed by atoms with Gasteiger partial charge in [-0.2, -0.15) is 4.68 Å². The predicted molar refractivity (Wildman–Crippen MR) is 79.5 cm³/mol. The van der Waals surface area contributed by atoms with Crippen molar-refractivity contribution in [2.75, 3.05) is 6.86 Å². The maximum atomic E-state index is 12.6. The number of benzene rings is 1. The fraction of sp³-hybridized carbons (Fsp3) is 0.167. The summed E-state index contributed by atoms with van der Waals surface area (Å²) in [6, 6.07) is 6.38. The zero-order valence-corrected chi connectivity index (χ0v) is 12.5. The maximum absolute atomic E-state index is 12.6. The van der Waals surface area contributed by atoms with Crippen LogP contribution in [0.3, 0.4) is 0 Å². The van der Waals surface area contributed by atoms with Crippen LogP contribution in [0.5, 0.6) is 11.6 Å². The average Bonchev–Trinajstić information content (AvgIpc) is 3.14. The summed E-state index contributed by atoms with van der Waals surface area (Å²) < 4.78 is 25.4. The first kappa shape index (κ1) is 15.1. The van der Waals surface area contributed by atoms with Crippen LogP contribution in [0.2, 0.25) is 0 Å². The number of hydrogen-bond donors (Lipinski definition) is 2. The van der Waals surface area contributed by atoms with Crippen molar-refractivity contribution in [3.63, 3.8) is 0 Å². The van der Waals surface area contributed by atoms with Crippen molar-refractivity contribution >= 4 is 12.8 Å². The second-order valence-corrected chi connectivity index (χ2v) is 4.70. The Morgan fingerprint density at radius 3 is 2.83 bits per heavy atom. The van der Waals surface area contributed by atoms with Crippen LogP contribution < -0.4 is 15.2 Å². The average molecular weight is 338 g/mol. The zero-order valence-electron chi connectivity index (χ0n) is 11.6. The molecule has 0 unspecified atom stereocenters. The third kappa shape index (κ3) is 3.18. The highest BCUT2D eigenvalue weighted by Gasteiger charge is 2.15. The van der Waals surface area contributed by atoms with Crippen molar-refractivity contribution in [1.82, 2.24) is 29.4 Å². The summed E-state index contributed by atoms with van der Waals surface area (Å²) in [7, 11) is 0. The maximum Gasteiger partial charge on any atom is 0.365 e. The molecule has 23 heavy (non-hydrogen) atoms. The Morgan fingerprint density at radius 2 is 2.17 bits per heavy atom. The number of H-pyrrole nitrogens is 1. The second-order valence-electron chi connectivity index (χ2n) is 4.29. The number of nitrogens with one attached hydrogen (secondary N) is 1. The minimum Gasteiger partial charge on any atom is -0.471 e. The summed E-state index contributed by atoms with van der Waals surface area (Å²) in [6.45, 7) is -1.04. The van der Waals surface area contributed by atoms with E-state index in [-0.39, 0.29) is 12.4 Å². The Bertz CT molecular complexity index is 860. The molecule has 2 aromatic heterocycles. The molecule has 9 nitrogen and oxygen atoms in total. The summed E-state index contributed by atoms with van der Waals surface area (Å²) in [5.74, 6) is 0.540. The van der Waals surface area contributed by atoms with Gasteiger partial charge in [0.15, 0.2) is 0 Å². The summed E-state index contributed by atoms with van der Waals surface area (Å²) in [4.78, 5) is 11.7. The standard InChI is InChI=1S/C12H11FN6O3S/c13-7-22-10-3-1-2-9(19-12(20)14-16-17-19)8(10)6-21-11-4-5-18(23)15-11/h1-5,23H,6-7H2,(H,14,17,20). The Balaban J connectivity index is 1.97. The van der Waals surface area contributed by atoms with E-state index in [4.69, 9.17) is 9.47 Å². The van der Waals surface area contributed by atoms with E-state index in [1.54, 1.807) is 30.5 Å². The fourth-order valence-corrected chi connectivity index (χ4v) is 2.12. The molecule has 0 aliphatic carbocycles. The molecule has 11 heteroatoms. The van der Waals surface area contributed by atoms with Crippen LogP contribution in [-0.4, -0.2) is 36.3 Å². The van der Waals surface area contributed by atoms with Gasteiger partial charge < -0.3 is 9.47 Å². The van der Waals surface area contributed by atoms with Crippen LogP contribution in [0.1, 0.15) is 5.56 Å². The van der Waals surface area contributed by atoms with Gasteiger partial charge in [-0.3, -0.25) is 0 Å². The topological polar surface area (TPSA) is 99.9 Å². The van der Waals surface area contributed by atoms with Gasteiger partial charge in [0, 0.05) is 12.3 Å². The fourth-order valence-electron chi connectivity index (χ4n) is 1.97. The Labute approximate surface area is 134 Å². The molecule has 0 bridgehead atoms. The second kappa shape index (κ2) is 6.52. The number of thiol groups is 1. The Morgan fingerprint density at radius 1 is 1.30 bits per heavy atom. The van der Waals surface area contributed by atoms with Crippen molar-refractivity contribution in [2.24, 2.45) is 0 Å². The first-order valence-corrected chi connectivity index (χ1v) is 6.78. The molecule has 0 amide bonds. The summed E-state index contributed by atoms with van der Waals surface area (Å²) >= 11 is 4.01. The van der Waals surface area contributed by atoms with Gasteiger partial charge in [0.2, 0.25) is 12.7 Å². The normalized spacial score (nSPS) is 10.7. The van der Waals surface area contributed by atoms with Crippen LogP contribution in [0.15, 0.2) is 35.3 Å². The number of aromatic amines is 1. The molecule has 1 N–H and O–H groups in total. The number of hydrogen-bond acceptors (Lipinski definition) is 7. The van der Waals surface area contributed by atoms with Gasteiger partial charge in [-0.05, 0) is 35.4 Å². The molecule has 0 radical (unpaired) electrons. The zero-order chi connectivity index (χ0) is 16.2. The number of aromatic nitrogens is 6. The van der Waals surface area contributed by atoms with Gasteiger partial charge in [0.25, 0.3) is 0 Å². The third-order valence-corrected chi connectivity index (χ3v) is 3.16. The van der Waals surface area contributed by atoms with Crippen LogP contribution in [-0.2, 0) is 6.61 Å². The molecule has 0 saturated carbocycles. The molecular formula is C12H11FN6O3S. The lowest BCUT2D eigenvalue weighted by molar-refractivity contribution is 0.185. The lowest BCUT2D eigenvalue weighted by atomic mass is 10.1. The van der Waals surface area contributed by atoms with E-state index >= 15 is 0 Å². The van der Waals surface area contributed by atoms with E-state index < -0.39 is 12.6 Å². The molecule has 0 spiro atoms. The van der Waals surface area contributed by atoms with Crippen LogP contribution in [0.4, 0.5) is 4.39 Å². The van der Waals surface area contributed by atoms with Gasteiger partial charge in [0.05, 0.1) is 11.3 Å². The summed E-state index contributed by atoms with van der Waals surface area (Å²) in [5.41, 5.74) is 0.248. The van der Waals surface area contributed by atoms with Crippen molar-refractivity contribution in [3.05, 3.63) is 46.5 Å². The number of alkyl halides is 1. The van der Waals surface area contributed by atoms with E-state index in [2.05, 4.69) is 33.4 Å². The van der Waals surface area contributed by atoms with Crippen molar-refractivity contribution < 1.29 is 13.9 Å². The van der Waals surface area contributed by atoms with Gasteiger partial charge >= 0.3 is 5.69 Å². The highest BCUT2D eigenvalue weighted by Crippen LogP contribution is 2.26. The van der Waals surface area contributed by atoms with Crippen molar-refractivity contribution in [1.29, 1.82) is 0 Å². The molecule has 0 atom stereocenters. The molecule has 1 aromatic carbocycles. The van der Waals surface area contributed by atoms with E-state index in [0.29, 0.717) is 17.1 Å². The summed E-state index contributed by atoms with van der Waals surface area (Å²) in [5, 5.41) is 13.2. The minimum absolute atomic E-state index is 0.0183. The summed E-state index contributed by atoms with van der Waals surface area (Å²) in [6.07, 6.45) is 1.59. The van der Waals surface area contributed by atoms with Gasteiger partial charge in [-0.25, -0.2) is 18.4 Å². The first-order chi connectivity index (χ1) is 11.2. The molecule has 0 saturated heterocycles. The molecule has 3 aromatic rings. The van der Waals surface area contributed by atoms with Crippen molar-refractivity contribution in [3.8, 4) is 17.3 Å². The molecule has 0 fully saturated rings. The van der Waals surface area contributed by atoms with E-state index in [1.165, 1.54) is 4.09 Å². The molecule has 3 rings (SSSR count). The largest absolute Gasteiger partial charge is 0.471 e. The smallest absolute Gasteiger partial charge is 0.365 e. The number of halogens is 1. The first-order valence-electron chi connectivity index (χ1n) is 6.38. The van der Waals surface area contributed by atoms with Crippen LogP contribution in [0, 0.1) is 0 Å². The highest BCUT2D eigenvalue weighted by molar-refractivity contribution is 7.78. The van der Waals surface area contributed by atoms with E-state index in [9.17, 15) is 9.18 Å². The van der Waals surface area contributed by atoms with Gasteiger partial charge in [0.1, 0.15) is 12.4 Å². The van der Waals surface area contributed by atoms with Gasteiger partial charge in [-0.15, -0.1) is 5.10 Å². The lowest BCUT2D eigenvalue weighted by Crippen LogP contribution is -2.18. The Kier molecular flexibility index (Phi) is 4.28.